The molecule has 0 aliphatic rings. The molecular weight excluding hydrogens is 354 g/mol. The monoisotopic (exact) mass is 377 g/mol. The Kier molecular flexibility index (Phi) is 6.36. The van der Waals surface area contributed by atoms with Gasteiger partial charge in [0.2, 0.25) is 15.9 Å². The summed E-state index contributed by atoms with van der Waals surface area (Å²) in [6.45, 7) is 2.15. The molecule has 1 unspecified atom stereocenters. The molecule has 0 saturated carbocycles. The van der Waals surface area contributed by atoms with Gasteiger partial charge in [-0.25, -0.2) is 13.6 Å². The maximum atomic E-state index is 12.3. The van der Waals surface area contributed by atoms with Crippen LogP contribution in [-0.2, 0) is 14.8 Å². The predicted octanol–water partition coefficient (Wildman–Crippen LogP) is 1.97. The quantitative estimate of drug-likeness (QED) is 0.768. The highest BCUT2D eigenvalue weighted by molar-refractivity contribution is 7.89. The van der Waals surface area contributed by atoms with E-state index in [9.17, 15) is 13.2 Å². The zero-order valence-corrected chi connectivity index (χ0v) is 15.8. The van der Waals surface area contributed by atoms with Gasteiger partial charge in [0.05, 0.1) is 18.6 Å². The van der Waals surface area contributed by atoms with Crippen molar-refractivity contribution in [1.82, 2.24) is 4.90 Å². The molecule has 0 aliphatic heterocycles. The molecule has 2 aromatic carbocycles. The second kappa shape index (κ2) is 8.31. The smallest absolute Gasteiger partial charge is 0.238 e. The SMILES string of the molecule is COc1ccccc1C(C)N(C)CC(=O)Nc1ccc(S(N)(=O)=O)cc1. The van der Waals surface area contributed by atoms with Crippen LogP contribution in [-0.4, -0.2) is 39.9 Å². The molecule has 0 aliphatic carbocycles. The molecule has 7 nitrogen and oxygen atoms in total. The van der Waals surface area contributed by atoms with Gasteiger partial charge in [0.1, 0.15) is 5.75 Å². The first kappa shape index (κ1) is 19.9. The van der Waals surface area contributed by atoms with E-state index in [0.717, 1.165) is 11.3 Å². The summed E-state index contributed by atoms with van der Waals surface area (Å²) in [6, 6.07) is 13.3. The van der Waals surface area contributed by atoms with Crippen LogP contribution in [0.25, 0.3) is 0 Å². The molecule has 0 heterocycles. The van der Waals surface area contributed by atoms with Crippen molar-refractivity contribution in [2.45, 2.75) is 17.9 Å². The van der Waals surface area contributed by atoms with Gasteiger partial charge in [-0.1, -0.05) is 18.2 Å². The highest BCUT2D eigenvalue weighted by Crippen LogP contribution is 2.27. The van der Waals surface area contributed by atoms with E-state index < -0.39 is 10.0 Å². The number of carbonyl (C=O) groups is 1. The molecule has 2 rings (SSSR count). The minimum Gasteiger partial charge on any atom is -0.496 e. The van der Waals surface area contributed by atoms with Gasteiger partial charge in [-0.05, 0) is 44.3 Å². The standard InChI is InChI=1S/C18H23N3O4S/c1-13(16-6-4-5-7-17(16)25-3)21(2)12-18(22)20-14-8-10-15(11-9-14)26(19,23)24/h4-11,13H,12H2,1-3H3,(H,20,22)(H2,19,23,24). The summed E-state index contributed by atoms with van der Waals surface area (Å²) in [5.41, 5.74) is 1.49. The number of hydrogen-bond donors (Lipinski definition) is 2. The Hall–Kier alpha value is -2.42. The number of amides is 1. The lowest BCUT2D eigenvalue weighted by atomic mass is 10.1. The minimum absolute atomic E-state index is 0.00240. The van der Waals surface area contributed by atoms with Crippen LogP contribution in [0.15, 0.2) is 53.4 Å². The average Bonchev–Trinajstić information content (AvgIpc) is 2.60. The van der Waals surface area contributed by atoms with E-state index >= 15 is 0 Å². The number of likely N-dealkylation sites (N-methyl/N-ethyl adjacent to an activating group) is 1. The van der Waals surface area contributed by atoms with E-state index in [-0.39, 0.29) is 23.4 Å². The van der Waals surface area contributed by atoms with Gasteiger partial charge in [0.15, 0.2) is 0 Å². The molecule has 0 radical (unpaired) electrons. The van der Waals surface area contributed by atoms with Crippen molar-refractivity contribution in [3.05, 3.63) is 54.1 Å². The van der Waals surface area contributed by atoms with Crippen LogP contribution in [0, 0.1) is 0 Å². The molecule has 0 saturated heterocycles. The molecule has 140 valence electrons. The number of sulfonamides is 1. The summed E-state index contributed by atoms with van der Waals surface area (Å²) in [4.78, 5) is 14.2. The van der Waals surface area contributed by atoms with Crippen LogP contribution >= 0.6 is 0 Å². The number of carbonyl (C=O) groups excluding carboxylic acids is 1. The zero-order chi connectivity index (χ0) is 19.3. The fourth-order valence-corrected chi connectivity index (χ4v) is 3.06. The van der Waals surface area contributed by atoms with Gasteiger partial charge < -0.3 is 10.1 Å². The van der Waals surface area contributed by atoms with Crippen molar-refractivity contribution in [2.75, 3.05) is 26.0 Å². The Bertz CT molecular complexity index is 866. The second-order valence-electron chi connectivity index (χ2n) is 5.95. The van der Waals surface area contributed by atoms with E-state index in [1.807, 2.05) is 43.1 Å². The largest absolute Gasteiger partial charge is 0.496 e. The molecule has 0 fully saturated rings. The van der Waals surface area contributed by atoms with Crippen molar-refractivity contribution in [2.24, 2.45) is 5.14 Å². The summed E-state index contributed by atoms with van der Waals surface area (Å²) < 4.78 is 27.9. The van der Waals surface area contributed by atoms with Crippen LogP contribution < -0.4 is 15.2 Å². The Morgan fingerprint density at radius 3 is 2.38 bits per heavy atom. The number of hydrogen-bond acceptors (Lipinski definition) is 5. The number of benzene rings is 2. The third kappa shape index (κ3) is 5.04. The Balaban J connectivity index is 2.00. The molecular formula is C18H23N3O4S. The lowest BCUT2D eigenvalue weighted by molar-refractivity contribution is -0.117. The first-order valence-corrected chi connectivity index (χ1v) is 9.53. The third-order valence-corrected chi connectivity index (χ3v) is 5.04. The molecule has 1 amide bonds. The van der Waals surface area contributed by atoms with Gasteiger partial charge in [0.25, 0.3) is 0 Å². The number of ether oxygens (including phenoxy) is 1. The number of nitrogens with zero attached hydrogens (tertiary/aromatic N) is 1. The number of rotatable bonds is 7. The van der Waals surface area contributed by atoms with Gasteiger partial charge in [-0.15, -0.1) is 0 Å². The second-order valence-corrected chi connectivity index (χ2v) is 7.51. The van der Waals surface area contributed by atoms with Crippen LogP contribution in [0.4, 0.5) is 5.69 Å². The third-order valence-electron chi connectivity index (χ3n) is 4.11. The van der Waals surface area contributed by atoms with E-state index in [1.165, 1.54) is 24.3 Å². The van der Waals surface area contributed by atoms with E-state index in [0.29, 0.717) is 5.69 Å². The average molecular weight is 377 g/mol. The number of primary sulfonamides is 1. The van der Waals surface area contributed by atoms with Crippen molar-refractivity contribution >= 4 is 21.6 Å². The fraction of sp³-hybridized carbons (Fsp3) is 0.278. The molecule has 0 spiro atoms. The van der Waals surface area contributed by atoms with Crippen LogP contribution in [0.3, 0.4) is 0 Å². The normalized spacial score (nSPS) is 12.7. The highest BCUT2D eigenvalue weighted by Gasteiger charge is 2.18. The molecule has 0 aromatic heterocycles. The Labute approximate surface area is 153 Å². The van der Waals surface area contributed by atoms with Gasteiger partial charge in [0, 0.05) is 17.3 Å². The first-order chi connectivity index (χ1) is 12.2. The van der Waals surface area contributed by atoms with E-state index in [2.05, 4.69) is 5.32 Å². The molecule has 1 atom stereocenters. The van der Waals surface area contributed by atoms with Crippen molar-refractivity contribution in [1.29, 1.82) is 0 Å². The van der Waals surface area contributed by atoms with Crippen molar-refractivity contribution in [3.8, 4) is 5.75 Å². The molecule has 3 N–H and O–H groups in total. The molecule has 26 heavy (non-hydrogen) atoms. The predicted molar refractivity (Wildman–Crippen MR) is 100 cm³/mol. The zero-order valence-electron chi connectivity index (χ0n) is 15.0. The van der Waals surface area contributed by atoms with Gasteiger partial charge in [-0.2, -0.15) is 0 Å². The van der Waals surface area contributed by atoms with Crippen molar-refractivity contribution in [3.63, 3.8) is 0 Å². The van der Waals surface area contributed by atoms with Crippen molar-refractivity contribution < 1.29 is 17.9 Å². The summed E-state index contributed by atoms with van der Waals surface area (Å²) in [5.74, 6) is 0.559. The summed E-state index contributed by atoms with van der Waals surface area (Å²) in [5, 5.41) is 7.79. The number of nitrogens with two attached hydrogens (primary N) is 1. The molecule has 2 aromatic rings. The van der Waals surface area contributed by atoms with Crippen LogP contribution in [0.1, 0.15) is 18.5 Å². The number of anilines is 1. The van der Waals surface area contributed by atoms with Crippen LogP contribution in [0.2, 0.25) is 0 Å². The van der Waals surface area contributed by atoms with E-state index in [1.54, 1.807) is 7.11 Å². The van der Waals surface area contributed by atoms with E-state index in [4.69, 9.17) is 9.88 Å². The van der Waals surface area contributed by atoms with Gasteiger partial charge in [-0.3, -0.25) is 9.69 Å². The molecule has 0 bridgehead atoms. The summed E-state index contributed by atoms with van der Waals surface area (Å²) in [6.07, 6.45) is 0. The minimum atomic E-state index is -3.75. The number of nitrogens with one attached hydrogen (secondary N) is 1. The Morgan fingerprint density at radius 2 is 1.81 bits per heavy atom. The fourth-order valence-electron chi connectivity index (χ4n) is 2.54. The summed E-state index contributed by atoms with van der Waals surface area (Å²) >= 11 is 0. The Morgan fingerprint density at radius 1 is 1.19 bits per heavy atom. The lowest BCUT2D eigenvalue weighted by Gasteiger charge is -2.25. The number of para-hydroxylation sites is 1. The number of methoxy groups -OCH3 is 1. The first-order valence-electron chi connectivity index (χ1n) is 7.98. The maximum Gasteiger partial charge on any atom is 0.238 e. The highest BCUT2D eigenvalue weighted by atomic mass is 32.2. The molecule has 8 heteroatoms. The topological polar surface area (TPSA) is 102 Å². The summed E-state index contributed by atoms with van der Waals surface area (Å²) in [7, 11) is -0.286. The lowest BCUT2D eigenvalue weighted by Crippen LogP contribution is -2.32. The maximum absolute atomic E-state index is 12.3. The van der Waals surface area contributed by atoms with Gasteiger partial charge >= 0.3 is 0 Å². The van der Waals surface area contributed by atoms with Crippen LogP contribution in [0.5, 0.6) is 5.75 Å².